The zero-order valence-corrected chi connectivity index (χ0v) is 14.7. The molecular weight excluding hydrogens is 246 g/mol. The Morgan fingerprint density at radius 3 is 1.45 bits per heavy atom. The molecule has 0 amide bonds. The summed E-state index contributed by atoms with van der Waals surface area (Å²) in [7, 11) is 2.15. The number of aliphatic imine (C=N–C) groups is 2. The maximum absolute atomic E-state index is 4.63. The lowest BCUT2D eigenvalue weighted by atomic mass is 10.1. The third-order valence-electron chi connectivity index (χ3n) is 3.13. The molecule has 3 heteroatoms. The van der Waals surface area contributed by atoms with E-state index < -0.39 is 0 Å². The highest BCUT2D eigenvalue weighted by molar-refractivity contribution is 5.82. The van der Waals surface area contributed by atoms with Gasteiger partial charge in [0.15, 0.2) is 0 Å². The number of likely N-dealkylation sites (N-methyl/N-ethyl adjacent to an activating group) is 1. The van der Waals surface area contributed by atoms with Crippen molar-refractivity contribution >= 4 is 11.4 Å². The van der Waals surface area contributed by atoms with Gasteiger partial charge >= 0.3 is 0 Å². The molecular formula is C17H35N3. The summed E-state index contributed by atoms with van der Waals surface area (Å²) in [6.45, 7) is 17.1. The van der Waals surface area contributed by atoms with E-state index in [-0.39, 0.29) is 0 Å². The van der Waals surface area contributed by atoms with Gasteiger partial charge in [-0.3, -0.25) is 9.98 Å². The maximum atomic E-state index is 4.63. The molecule has 0 N–H and O–H groups in total. The Labute approximate surface area is 126 Å². The fourth-order valence-corrected chi connectivity index (χ4v) is 2.25. The highest BCUT2D eigenvalue weighted by Gasteiger charge is 2.00. The molecule has 0 saturated heterocycles. The van der Waals surface area contributed by atoms with E-state index in [1.54, 1.807) is 0 Å². The summed E-state index contributed by atoms with van der Waals surface area (Å²) in [6, 6.07) is 0. The highest BCUT2D eigenvalue weighted by Crippen LogP contribution is 2.02. The van der Waals surface area contributed by atoms with Crippen molar-refractivity contribution in [3.05, 3.63) is 0 Å². The van der Waals surface area contributed by atoms with Crippen LogP contribution in [0.1, 0.15) is 54.4 Å². The third kappa shape index (κ3) is 12.3. The van der Waals surface area contributed by atoms with Crippen LogP contribution in [0.15, 0.2) is 9.98 Å². The lowest BCUT2D eigenvalue weighted by Gasteiger charge is -2.14. The fourth-order valence-electron chi connectivity index (χ4n) is 2.25. The van der Waals surface area contributed by atoms with E-state index in [1.807, 2.05) is 0 Å². The Hall–Kier alpha value is -0.700. The van der Waals surface area contributed by atoms with E-state index in [0.29, 0.717) is 11.8 Å². The molecule has 0 atom stereocenters. The first kappa shape index (κ1) is 19.3. The molecule has 0 aromatic heterocycles. The van der Waals surface area contributed by atoms with Crippen molar-refractivity contribution in [2.45, 2.75) is 54.4 Å². The Bertz CT molecular complexity index is 273. The quantitative estimate of drug-likeness (QED) is 0.558. The summed E-state index contributed by atoms with van der Waals surface area (Å²) in [4.78, 5) is 11.6. The average Bonchev–Trinajstić information content (AvgIpc) is 2.26. The van der Waals surface area contributed by atoms with Gasteiger partial charge in [-0.2, -0.15) is 0 Å². The van der Waals surface area contributed by atoms with Crippen LogP contribution in [0.3, 0.4) is 0 Å². The first-order valence-corrected chi connectivity index (χ1v) is 7.99. The van der Waals surface area contributed by atoms with E-state index in [9.17, 15) is 0 Å². The number of hydrogen-bond donors (Lipinski definition) is 0. The van der Waals surface area contributed by atoms with E-state index in [0.717, 1.165) is 39.0 Å². The standard InChI is InChI=1S/C17H35N3/c1-14(2)12-16(5)18-8-10-20(7)11-9-19-17(6)13-15(3)4/h14-15H,8-13H2,1-7H3/b18-16+,19-17+. The summed E-state index contributed by atoms with van der Waals surface area (Å²) < 4.78 is 0. The second-order valence-corrected chi connectivity index (χ2v) is 6.73. The zero-order valence-electron chi connectivity index (χ0n) is 14.7. The molecule has 0 aromatic rings. The predicted molar refractivity (Wildman–Crippen MR) is 92.4 cm³/mol. The summed E-state index contributed by atoms with van der Waals surface area (Å²) in [5.74, 6) is 1.41. The van der Waals surface area contributed by atoms with E-state index in [1.165, 1.54) is 11.4 Å². The van der Waals surface area contributed by atoms with Crippen LogP contribution in [-0.2, 0) is 0 Å². The molecule has 0 heterocycles. The average molecular weight is 281 g/mol. The molecule has 0 spiro atoms. The van der Waals surface area contributed by atoms with Crippen molar-refractivity contribution in [3.8, 4) is 0 Å². The van der Waals surface area contributed by atoms with Crippen LogP contribution < -0.4 is 0 Å². The van der Waals surface area contributed by atoms with Crippen molar-refractivity contribution in [3.63, 3.8) is 0 Å². The van der Waals surface area contributed by atoms with Crippen LogP contribution in [0.5, 0.6) is 0 Å². The van der Waals surface area contributed by atoms with Gasteiger partial charge in [-0.15, -0.1) is 0 Å². The summed E-state index contributed by atoms with van der Waals surface area (Å²) in [6.07, 6.45) is 2.23. The molecule has 20 heavy (non-hydrogen) atoms. The van der Waals surface area contributed by atoms with Crippen molar-refractivity contribution < 1.29 is 0 Å². The van der Waals surface area contributed by atoms with Crippen LogP contribution >= 0.6 is 0 Å². The molecule has 0 saturated carbocycles. The van der Waals surface area contributed by atoms with Gasteiger partial charge in [0.2, 0.25) is 0 Å². The van der Waals surface area contributed by atoms with Crippen LogP contribution in [-0.4, -0.2) is 49.5 Å². The summed E-state index contributed by atoms with van der Waals surface area (Å²) in [5.41, 5.74) is 2.55. The Balaban J connectivity index is 3.81. The van der Waals surface area contributed by atoms with E-state index >= 15 is 0 Å². The summed E-state index contributed by atoms with van der Waals surface area (Å²) >= 11 is 0. The molecule has 0 bridgehead atoms. The topological polar surface area (TPSA) is 28.0 Å². The molecule has 0 fully saturated rings. The minimum Gasteiger partial charge on any atom is -0.303 e. The van der Waals surface area contributed by atoms with Crippen LogP contribution in [0.2, 0.25) is 0 Å². The van der Waals surface area contributed by atoms with Crippen molar-refractivity contribution in [2.75, 3.05) is 33.2 Å². The molecule has 3 nitrogen and oxygen atoms in total. The first-order valence-electron chi connectivity index (χ1n) is 7.99. The smallest absolute Gasteiger partial charge is 0.0515 e. The molecule has 0 unspecified atom stereocenters. The molecule has 0 aliphatic heterocycles. The Kier molecular flexibility index (Phi) is 10.6. The van der Waals surface area contributed by atoms with Gasteiger partial charge in [0.05, 0.1) is 13.1 Å². The van der Waals surface area contributed by atoms with E-state index in [2.05, 4.69) is 63.5 Å². The molecule has 0 aliphatic rings. The normalized spacial score (nSPS) is 13.9. The van der Waals surface area contributed by atoms with Gasteiger partial charge in [0.1, 0.15) is 0 Å². The zero-order chi connectivity index (χ0) is 15.5. The fraction of sp³-hybridized carbons (Fsp3) is 0.882. The molecule has 0 rings (SSSR count). The molecule has 0 radical (unpaired) electrons. The monoisotopic (exact) mass is 281 g/mol. The van der Waals surface area contributed by atoms with Crippen molar-refractivity contribution in [2.24, 2.45) is 21.8 Å². The largest absolute Gasteiger partial charge is 0.303 e. The van der Waals surface area contributed by atoms with Gasteiger partial charge in [-0.1, -0.05) is 27.7 Å². The van der Waals surface area contributed by atoms with Gasteiger partial charge in [0, 0.05) is 24.5 Å². The Morgan fingerprint density at radius 1 is 0.800 bits per heavy atom. The third-order valence-corrected chi connectivity index (χ3v) is 3.13. The minimum atomic E-state index is 0.703. The molecule has 0 aromatic carbocycles. The van der Waals surface area contributed by atoms with Gasteiger partial charge in [0.25, 0.3) is 0 Å². The van der Waals surface area contributed by atoms with Gasteiger partial charge in [-0.25, -0.2) is 0 Å². The Morgan fingerprint density at radius 2 is 1.15 bits per heavy atom. The summed E-state index contributed by atoms with van der Waals surface area (Å²) in [5, 5.41) is 0. The SMILES string of the molecule is C/C(CC(C)C)=N\CCN(C)CC/N=C(\C)CC(C)C. The maximum Gasteiger partial charge on any atom is 0.0515 e. The first-order chi connectivity index (χ1) is 9.31. The second kappa shape index (κ2) is 11.0. The highest BCUT2D eigenvalue weighted by atomic mass is 15.1. The number of hydrogen-bond acceptors (Lipinski definition) is 3. The van der Waals surface area contributed by atoms with Crippen LogP contribution in [0.4, 0.5) is 0 Å². The lowest BCUT2D eigenvalue weighted by Crippen LogP contribution is -2.25. The van der Waals surface area contributed by atoms with Gasteiger partial charge < -0.3 is 4.90 Å². The molecule has 118 valence electrons. The minimum absolute atomic E-state index is 0.703. The van der Waals surface area contributed by atoms with Crippen molar-refractivity contribution in [1.82, 2.24) is 4.90 Å². The number of rotatable bonds is 10. The second-order valence-electron chi connectivity index (χ2n) is 6.73. The van der Waals surface area contributed by atoms with Crippen LogP contribution in [0, 0.1) is 11.8 Å². The molecule has 0 aliphatic carbocycles. The van der Waals surface area contributed by atoms with Gasteiger partial charge in [-0.05, 0) is 45.6 Å². The van der Waals surface area contributed by atoms with E-state index in [4.69, 9.17) is 0 Å². The van der Waals surface area contributed by atoms with Crippen LogP contribution in [0.25, 0.3) is 0 Å². The number of nitrogens with zero attached hydrogens (tertiary/aromatic N) is 3. The lowest BCUT2D eigenvalue weighted by molar-refractivity contribution is 0.353. The van der Waals surface area contributed by atoms with Crippen molar-refractivity contribution in [1.29, 1.82) is 0 Å². The predicted octanol–water partition coefficient (Wildman–Crippen LogP) is 3.93.